The lowest BCUT2D eigenvalue weighted by Crippen LogP contribution is -2.29. The third kappa shape index (κ3) is 3.97. The van der Waals surface area contributed by atoms with Crippen LogP contribution in [0.25, 0.3) is 0 Å². The second-order valence-corrected chi connectivity index (χ2v) is 8.40. The molecule has 2 aromatic carbocycles. The average molecular weight is 441 g/mol. The fraction of sp³-hybridized carbons (Fsp3) is 0.154. The zero-order valence-electron chi connectivity index (χ0n) is 18.0. The van der Waals surface area contributed by atoms with Gasteiger partial charge in [-0.1, -0.05) is 23.8 Å². The Hall–Kier alpha value is -3.64. The molecule has 0 amide bonds. The van der Waals surface area contributed by atoms with E-state index in [0.717, 1.165) is 22.9 Å². The Morgan fingerprint density at radius 2 is 1.66 bits per heavy atom. The van der Waals surface area contributed by atoms with E-state index in [1.165, 1.54) is 11.1 Å². The van der Waals surface area contributed by atoms with Crippen molar-refractivity contribution in [3.05, 3.63) is 108 Å². The first-order valence-corrected chi connectivity index (χ1v) is 11.0. The maximum atomic E-state index is 6.00. The number of hydrogen-bond acceptors (Lipinski definition) is 3. The highest BCUT2D eigenvalue weighted by Gasteiger charge is 2.40. The monoisotopic (exact) mass is 440 g/mol. The highest BCUT2D eigenvalue weighted by Crippen LogP contribution is 2.41. The number of ether oxygens (including phenoxy) is 1. The predicted molar refractivity (Wildman–Crippen MR) is 131 cm³/mol. The number of rotatable bonds is 5. The number of nitrogens with zero attached hydrogens (tertiary/aromatic N) is 3. The number of nitrogens with one attached hydrogen (secondary N) is 1. The van der Waals surface area contributed by atoms with Gasteiger partial charge in [0.15, 0.2) is 5.11 Å². The molecule has 5 nitrogen and oxygen atoms in total. The van der Waals surface area contributed by atoms with Gasteiger partial charge in [-0.3, -0.25) is 4.98 Å². The van der Waals surface area contributed by atoms with Crippen molar-refractivity contribution in [3.63, 3.8) is 0 Å². The van der Waals surface area contributed by atoms with Gasteiger partial charge >= 0.3 is 0 Å². The van der Waals surface area contributed by atoms with Gasteiger partial charge in [0.05, 0.1) is 17.8 Å². The van der Waals surface area contributed by atoms with E-state index in [-0.39, 0.29) is 12.1 Å². The Labute approximate surface area is 193 Å². The van der Waals surface area contributed by atoms with Crippen LogP contribution >= 0.6 is 12.2 Å². The molecular weight excluding hydrogens is 416 g/mol. The second-order valence-electron chi connectivity index (χ2n) is 8.02. The summed E-state index contributed by atoms with van der Waals surface area (Å²) in [7, 11) is 2.03. The molecule has 160 valence electrons. The summed E-state index contributed by atoms with van der Waals surface area (Å²) in [6, 6.07) is 24.2. The molecule has 5 rings (SSSR count). The largest absolute Gasteiger partial charge is 0.457 e. The molecule has 32 heavy (non-hydrogen) atoms. The number of pyridine rings is 1. The van der Waals surface area contributed by atoms with E-state index in [4.69, 9.17) is 17.0 Å². The van der Waals surface area contributed by atoms with Gasteiger partial charge in [0.1, 0.15) is 11.5 Å². The van der Waals surface area contributed by atoms with E-state index in [1.54, 1.807) is 0 Å². The van der Waals surface area contributed by atoms with Gasteiger partial charge in [0.25, 0.3) is 0 Å². The van der Waals surface area contributed by atoms with Crippen molar-refractivity contribution < 1.29 is 4.74 Å². The highest BCUT2D eigenvalue weighted by atomic mass is 32.1. The SMILES string of the molecule is Cc1ccc(Oc2ccc(N3C(=S)N[C@H](c4ccccn4)[C@H]3c3ccn(C)c3)cc2)cc1. The Kier molecular flexibility index (Phi) is 5.37. The minimum atomic E-state index is -0.0467. The van der Waals surface area contributed by atoms with Crippen LogP contribution in [0, 0.1) is 6.92 Å². The van der Waals surface area contributed by atoms with Crippen LogP contribution in [0.5, 0.6) is 11.5 Å². The van der Waals surface area contributed by atoms with Gasteiger partial charge in [-0.05, 0) is 79.3 Å². The minimum Gasteiger partial charge on any atom is -0.457 e. The zero-order chi connectivity index (χ0) is 22.1. The van der Waals surface area contributed by atoms with Crippen LogP contribution in [-0.4, -0.2) is 14.7 Å². The number of thiocarbonyl (C=S) groups is 1. The molecule has 4 aromatic rings. The summed E-state index contributed by atoms with van der Waals surface area (Å²) < 4.78 is 8.06. The molecule has 1 aliphatic rings. The summed E-state index contributed by atoms with van der Waals surface area (Å²) in [6.45, 7) is 2.06. The van der Waals surface area contributed by atoms with Crippen molar-refractivity contribution in [2.75, 3.05) is 4.90 Å². The normalized spacial score (nSPS) is 17.9. The molecule has 1 aliphatic heterocycles. The van der Waals surface area contributed by atoms with Gasteiger partial charge in [-0.2, -0.15) is 0 Å². The van der Waals surface area contributed by atoms with E-state index in [2.05, 4.69) is 45.2 Å². The predicted octanol–water partition coefficient (Wildman–Crippen LogP) is 5.70. The Bertz CT molecular complexity index is 1220. The molecule has 0 spiro atoms. The van der Waals surface area contributed by atoms with Crippen molar-refractivity contribution >= 4 is 23.0 Å². The van der Waals surface area contributed by atoms with Gasteiger partial charge in [0.2, 0.25) is 0 Å². The van der Waals surface area contributed by atoms with E-state index in [9.17, 15) is 0 Å². The third-order valence-electron chi connectivity index (χ3n) is 5.67. The van der Waals surface area contributed by atoms with E-state index in [0.29, 0.717) is 5.11 Å². The fourth-order valence-electron chi connectivity index (χ4n) is 4.09. The van der Waals surface area contributed by atoms with Crippen molar-refractivity contribution in [3.8, 4) is 11.5 Å². The van der Waals surface area contributed by atoms with Crippen molar-refractivity contribution in [2.24, 2.45) is 7.05 Å². The molecule has 1 N–H and O–H groups in total. The molecule has 0 radical (unpaired) electrons. The standard InChI is InChI=1S/C26H24N4OS/c1-18-6-10-21(11-7-18)31-22-12-8-20(9-13-22)30-25(19-14-16-29(2)17-19)24(28-26(30)32)23-5-3-4-15-27-23/h3-17,24-25H,1-2H3,(H,28,32)/t24-,25-/m1/s1. The molecule has 0 saturated carbocycles. The summed E-state index contributed by atoms with van der Waals surface area (Å²) in [5.74, 6) is 1.60. The number of benzene rings is 2. The lowest BCUT2D eigenvalue weighted by molar-refractivity contribution is 0.482. The molecule has 1 fully saturated rings. The van der Waals surface area contributed by atoms with Crippen LogP contribution in [0.4, 0.5) is 5.69 Å². The van der Waals surface area contributed by atoms with Crippen LogP contribution in [0.2, 0.25) is 0 Å². The van der Waals surface area contributed by atoms with Gasteiger partial charge in [-0.15, -0.1) is 0 Å². The van der Waals surface area contributed by atoms with Crippen molar-refractivity contribution in [2.45, 2.75) is 19.0 Å². The van der Waals surface area contributed by atoms with Crippen LogP contribution in [0.3, 0.4) is 0 Å². The quantitative estimate of drug-likeness (QED) is 0.403. The van der Waals surface area contributed by atoms with Crippen LogP contribution in [0.1, 0.15) is 28.9 Å². The van der Waals surface area contributed by atoms with E-state index < -0.39 is 0 Å². The molecule has 2 aromatic heterocycles. The van der Waals surface area contributed by atoms with Crippen molar-refractivity contribution in [1.82, 2.24) is 14.9 Å². The van der Waals surface area contributed by atoms with Crippen molar-refractivity contribution in [1.29, 1.82) is 0 Å². The smallest absolute Gasteiger partial charge is 0.174 e. The molecule has 0 bridgehead atoms. The van der Waals surface area contributed by atoms with E-state index in [1.807, 2.05) is 80.0 Å². The molecule has 3 heterocycles. The Balaban J connectivity index is 1.46. The second kappa shape index (κ2) is 8.48. The third-order valence-corrected chi connectivity index (χ3v) is 5.98. The summed E-state index contributed by atoms with van der Waals surface area (Å²) in [5.41, 5.74) is 4.35. The minimum absolute atomic E-state index is 0.0116. The fourth-order valence-corrected chi connectivity index (χ4v) is 4.43. The van der Waals surface area contributed by atoms with Gasteiger partial charge < -0.3 is 19.5 Å². The summed E-state index contributed by atoms with van der Waals surface area (Å²) >= 11 is 5.78. The zero-order valence-corrected chi connectivity index (χ0v) is 18.8. The van der Waals surface area contributed by atoms with Crippen LogP contribution < -0.4 is 15.0 Å². The van der Waals surface area contributed by atoms with Gasteiger partial charge in [0, 0.05) is 31.3 Å². The molecule has 0 aliphatic carbocycles. The first-order chi connectivity index (χ1) is 15.6. The van der Waals surface area contributed by atoms with Gasteiger partial charge in [-0.25, -0.2) is 0 Å². The maximum Gasteiger partial charge on any atom is 0.174 e. The molecular formula is C26H24N4OS. The first kappa shape index (κ1) is 20.3. The van der Waals surface area contributed by atoms with Crippen LogP contribution in [0.15, 0.2) is 91.4 Å². The summed E-state index contributed by atoms with van der Waals surface area (Å²) in [6.07, 6.45) is 6.02. The number of anilines is 1. The topological polar surface area (TPSA) is 42.3 Å². The molecule has 6 heteroatoms. The maximum absolute atomic E-state index is 6.00. The highest BCUT2D eigenvalue weighted by molar-refractivity contribution is 7.80. The Morgan fingerprint density at radius 3 is 2.28 bits per heavy atom. The average Bonchev–Trinajstić information content (AvgIpc) is 3.39. The lowest BCUT2D eigenvalue weighted by atomic mass is 9.98. The number of aromatic nitrogens is 2. The molecule has 1 saturated heterocycles. The summed E-state index contributed by atoms with van der Waals surface area (Å²) in [4.78, 5) is 6.76. The Morgan fingerprint density at radius 1 is 0.938 bits per heavy atom. The molecule has 2 atom stereocenters. The summed E-state index contributed by atoms with van der Waals surface area (Å²) in [5, 5.41) is 4.17. The number of aryl methyl sites for hydroxylation is 2. The number of hydrogen-bond donors (Lipinski definition) is 1. The first-order valence-electron chi connectivity index (χ1n) is 10.6. The molecule has 0 unspecified atom stereocenters. The van der Waals surface area contributed by atoms with E-state index >= 15 is 0 Å². The van der Waals surface area contributed by atoms with Crippen LogP contribution in [-0.2, 0) is 7.05 Å². The lowest BCUT2D eigenvalue weighted by Gasteiger charge is -2.27.